The zero-order valence-corrected chi connectivity index (χ0v) is 13.1. The fourth-order valence-corrected chi connectivity index (χ4v) is 3.69. The van der Waals surface area contributed by atoms with E-state index in [2.05, 4.69) is 17.0 Å². The summed E-state index contributed by atoms with van der Waals surface area (Å²) in [5, 5.41) is 3.43. The lowest BCUT2D eigenvalue weighted by atomic mass is 9.67. The molecule has 1 aromatic carbocycles. The molecule has 0 spiro atoms. The molecule has 0 radical (unpaired) electrons. The molecule has 0 saturated heterocycles. The summed E-state index contributed by atoms with van der Waals surface area (Å²) < 4.78 is 26.2. The van der Waals surface area contributed by atoms with Gasteiger partial charge >= 0.3 is 0 Å². The molecule has 0 heterocycles. The lowest BCUT2D eigenvalue weighted by Gasteiger charge is -2.41. The van der Waals surface area contributed by atoms with Gasteiger partial charge in [-0.3, -0.25) is 0 Å². The topological polar surface area (TPSA) is 58.2 Å². The van der Waals surface area contributed by atoms with Gasteiger partial charge in [0.1, 0.15) is 0 Å². The first-order valence-electron chi connectivity index (χ1n) is 7.35. The van der Waals surface area contributed by atoms with E-state index in [1.807, 2.05) is 12.1 Å². The van der Waals surface area contributed by atoms with Crippen LogP contribution in [0, 0.1) is 5.41 Å². The van der Waals surface area contributed by atoms with Gasteiger partial charge in [0.05, 0.1) is 4.90 Å². The van der Waals surface area contributed by atoms with E-state index in [9.17, 15) is 8.42 Å². The van der Waals surface area contributed by atoms with Crippen LogP contribution in [0.5, 0.6) is 0 Å². The molecule has 112 valence electrons. The van der Waals surface area contributed by atoms with Crippen LogP contribution in [0.1, 0.15) is 39.5 Å². The number of sulfonamides is 1. The van der Waals surface area contributed by atoms with Crippen LogP contribution in [-0.2, 0) is 10.0 Å². The summed E-state index contributed by atoms with van der Waals surface area (Å²) in [5.41, 5.74) is 1.44. The summed E-state index contributed by atoms with van der Waals surface area (Å²) >= 11 is 0. The molecule has 0 aliphatic heterocycles. The van der Waals surface area contributed by atoms with E-state index in [-0.39, 0.29) is 0 Å². The Bertz CT molecular complexity index is 528. The average molecular weight is 296 g/mol. The van der Waals surface area contributed by atoms with Crippen LogP contribution >= 0.6 is 0 Å². The van der Waals surface area contributed by atoms with Gasteiger partial charge in [0.25, 0.3) is 0 Å². The standard InChI is InChI=1S/C15H24N2O2S/c1-3-15(10-5-11-15)12-16-13-6-8-14(9-7-13)20(18,19)17-4-2/h6-9,16-17H,3-5,10-12H2,1-2H3. The van der Waals surface area contributed by atoms with Gasteiger partial charge in [-0.25, -0.2) is 13.1 Å². The minimum Gasteiger partial charge on any atom is -0.384 e. The zero-order valence-electron chi connectivity index (χ0n) is 12.3. The molecule has 20 heavy (non-hydrogen) atoms. The fraction of sp³-hybridized carbons (Fsp3) is 0.600. The second kappa shape index (κ2) is 6.14. The molecular weight excluding hydrogens is 272 g/mol. The van der Waals surface area contributed by atoms with E-state index in [1.165, 1.54) is 25.7 Å². The number of hydrogen-bond acceptors (Lipinski definition) is 3. The Morgan fingerprint density at radius 2 is 1.80 bits per heavy atom. The molecule has 0 unspecified atom stereocenters. The van der Waals surface area contributed by atoms with Crippen molar-refractivity contribution < 1.29 is 8.42 Å². The van der Waals surface area contributed by atoms with E-state index in [4.69, 9.17) is 0 Å². The van der Waals surface area contributed by atoms with Gasteiger partial charge in [-0.1, -0.05) is 20.3 Å². The Balaban J connectivity index is 1.98. The number of nitrogens with one attached hydrogen (secondary N) is 2. The third kappa shape index (κ3) is 3.33. The van der Waals surface area contributed by atoms with Crippen LogP contribution in [0.2, 0.25) is 0 Å². The zero-order chi connectivity index (χ0) is 14.6. The number of rotatable bonds is 7. The molecule has 0 aromatic heterocycles. The number of hydrogen-bond donors (Lipinski definition) is 2. The third-order valence-electron chi connectivity index (χ3n) is 4.33. The number of benzene rings is 1. The van der Waals surface area contributed by atoms with Crippen molar-refractivity contribution in [2.45, 2.75) is 44.4 Å². The van der Waals surface area contributed by atoms with E-state index in [1.54, 1.807) is 19.1 Å². The highest BCUT2D eigenvalue weighted by molar-refractivity contribution is 7.89. The molecule has 2 N–H and O–H groups in total. The summed E-state index contributed by atoms with van der Waals surface area (Å²) in [6.45, 7) is 5.40. The van der Waals surface area contributed by atoms with Crippen LogP contribution in [0.15, 0.2) is 29.2 Å². The monoisotopic (exact) mass is 296 g/mol. The largest absolute Gasteiger partial charge is 0.384 e. The Labute approximate surface area is 122 Å². The van der Waals surface area contributed by atoms with Crippen LogP contribution in [-0.4, -0.2) is 21.5 Å². The van der Waals surface area contributed by atoms with Gasteiger partial charge in [0.15, 0.2) is 0 Å². The molecule has 1 saturated carbocycles. The summed E-state index contributed by atoms with van der Waals surface area (Å²) in [7, 11) is -3.35. The van der Waals surface area contributed by atoms with Crippen LogP contribution in [0.4, 0.5) is 5.69 Å². The van der Waals surface area contributed by atoms with Crippen molar-refractivity contribution in [1.82, 2.24) is 4.72 Å². The van der Waals surface area contributed by atoms with Crippen molar-refractivity contribution in [2.24, 2.45) is 5.41 Å². The Morgan fingerprint density at radius 1 is 1.15 bits per heavy atom. The molecule has 1 aliphatic rings. The second-order valence-corrected chi connectivity index (χ2v) is 7.35. The minimum absolute atomic E-state index is 0.318. The van der Waals surface area contributed by atoms with E-state index < -0.39 is 10.0 Å². The minimum atomic E-state index is -3.35. The maximum Gasteiger partial charge on any atom is 0.240 e. The smallest absolute Gasteiger partial charge is 0.240 e. The molecule has 0 bridgehead atoms. The van der Waals surface area contributed by atoms with Crippen molar-refractivity contribution in [3.05, 3.63) is 24.3 Å². The summed E-state index contributed by atoms with van der Waals surface area (Å²) in [5.74, 6) is 0. The highest BCUT2D eigenvalue weighted by Gasteiger charge is 2.34. The predicted octanol–water partition coefficient (Wildman–Crippen LogP) is 2.98. The van der Waals surface area contributed by atoms with Gasteiger partial charge in [-0.05, 0) is 48.9 Å². The average Bonchev–Trinajstić information content (AvgIpc) is 2.38. The van der Waals surface area contributed by atoms with Gasteiger partial charge < -0.3 is 5.32 Å². The fourth-order valence-electron chi connectivity index (χ4n) is 2.65. The predicted molar refractivity (Wildman–Crippen MR) is 82.4 cm³/mol. The van der Waals surface area contributed by atoms with Crippen molar-refractivity contribution in [1.29, 1.82) is 0 Å². The quantitative estimate of drug-likeness (QED) is 0.813. The Hall–Kier alpha value is -1.07. The second-order valence-electron chi connectivity index (χ2n) is 5.59. The van der Waals surface area contributed by atoms with Gasteiger partial charge in [-0.2, -0.15) is 0 Å². The van der Waals surface area contributed by atoms with E-state index in [0.29, 0.717) is 16.9 Å². The van der Waals surface area contributed by atoms with E-state index in [0.717, 1.165) is 12.2 Å². The van der Waals surface area contributed by atoms with Crippen molar-refractivity contribution in [3.63, 3.8) is 0 Å². The maximum atomic E-state index is 11.8. The molecule has 1 aliphatic carbocycles. The van der Waals surface area contributed by atoms with Crippen molar-refractivity contribution in [2.75, 3.05) is 18.4 Å². The molecule has 1 fully saturated rings. The molecule has 0 atom stereocenters. The molecule has 5 heteroatoms. The van der Waals surface area contributed by atoms with Crippen LogP contribution in [0.3, 0.4) is 0 Å². The molecule has 1 aromatic rings. The highest BCUT2D eigenvalue weighted by atomic mass is 32.2. The summed E-state index contributed by atoms with van der Waals surface area (Å²) in [6, 6.07) is 6.98. The number of anilines is 1. The molecular formula is C15H24N2O2S. The van der Waals surface area contributed by atoms with Gasteiger partial charge in [0.2, 0.25) is 10.0 Å². The summed E-state index contributed by atoms with van der Waals surface area (Å²) in [6.07, 6.45) is 5.12. The molecule has 4 nitrogen and oxygen atoms in total. The normalized spacial score (nSPS) is 17.5. The summed E-state index contributed by atoms with van der Waals surface area (Å²) in [4.78, 5) is 0.318. The first kappa shape index (κ1) is 15.3. The lowest BCUT2D eigenvalue weighted by Crippen LogP contribution is -2.35. The highest BCUT2D eigenvalue weighted by Crippen LogP contribution is 2.43. The van der Waals surface area contributed by atoms with Gasteiger partial charge in [0, 0.05) is 18.8 Å². The molecule has 0 amide bonds. The first-order chi connectivity index (χ1) is 9.51. The van der Waals surface area contributed by atoms with Crippen molar-refractivity contribution >= 4 is 15.7 Å². The van der Waals surface area contributed by atoms with Crippen LogP contribution in [0.25, 0.3) is 0 Å². The Kier molecular flexibility index (Phi) is 4.70. The Morgan fingerprint density at radius 3 is 2.25 bits per heavy atom. The first-order valence-corrected chi connectivity index (χ1v) is 8.83. The lowest BCUT2D eigenvalue weighted by molar-refractivity contribution is 0.145. The SMILES string of the molecule is CCNS(=O)(=O)c1ccc(NCC2(CC)CCC2)cc1. The van der Waals surface area contributed by atoms with E-state index >= 15 is 0 Å². The maximum absolute atomic E-state index is 11.8. The third-order valence-corrected chi connectivity index (χ3v) is 5.89. The van der Waals surface area contributed by atoms with Crippen molar-refractivity contribution in [3.8, 4) is 0 Å². The van der Waals surface area contributed by atoms with Gasteiger partial charge in [-0.15, -0.1) is 0 Å². The van der Waals surface area contributed by atoms with Crippen LogP contribution < -0.4 is 10.0 Å². The molecule has 2 rings (SSSR count).